The Morgan fingerprint density at radius 2 is 2.00 bits per heavy atom. The number of amides is 2. The average molecular weight is 593 g/mol. The molecule has 0 fully saturated rings. The van der Waals surface area contributed by atoms with Gasteiger partial charge in [-0.2, -0.15) is 4.99 Å². The summed E-state index contributed by atoms with van der Waals surface area (Å²) in [7, 11) is 1.56. The number of non-ortho nitro benzene ring substituents is 1. The van der Waals surface area contributed by atoms with Gasteiger partial charge in [0, 0.05) is 30.7 Å². The van der Waals surface area contributed by atoms with Crippen LogP contribution < -0.4 is 10.1 Å². The largest absolute Gasteiger partial charge is 0.462 e. The highest BCUT2D eigenvalue weighted by atomic mass is 32.2. The molecule has 14 heteroatoms. The predicted molar refractivity (Wildman–Crippen MR) is 152 cm³/mol. The van der Waals surface area contributed by atoms with E-state index in [-0.39, 0.29) is 29.7 Å². The zero-order chi connectivity index (χ0) is 27.9. The summed E-state index contributed by atoms with van der Waals surface area (Å²) in [6.07, 6.45) is 3.71. The van der Waals surface area contributed by atoms with E-state index in [9.17, 15) is 24.5 Å². The Morgan fingerprint density at radius 3 is 2.74 bits per heavy atom. The minimum Gasteiger partial charge on any atom is -0.462 e. The number of aromatic nitrogens is 1. The maximum atomic E-state index is 12.7. The van der Waals surface area contributed by atoms with Crippen LogP contribution in [-0.4, -0.2) is 59.1 Å². The van der Waals surface area contributed by atoms with Gasteiger partial charge < -0.3 is 19.4 Å². The molecule has 0 radical (unpaired) electrons. The number of rotatable bonds is 11. The van der Waals surface area contributed by atoms with Gasteiger partial charge in [0.05, 0.1) is 45.4 Å². The molecule has 1 aliphatic carbocycles. The van der Waals surface area contributed by atoms with Crippen LogP contribution in [0.1, 0.15) is 40.6 Å². The smallest absolute Gasteiger partial charge is 0.341 e. The van der Waals surface area contributed by atoms with Gasteiger partial charge in [-0.1, -0.05) is 11.3 Å². The van der Waals surface area contributed by atoms with Gasteiger partial charge in [-0.25, -0.2) is 4.79 Å². The van der Waals surface area contributed by atoms with E-state index >= 15 is 0 Å². The number of benzene rings is 1. The highest BCUT2D eigenvalue weighted by molar-refractivity contribution is 8.00. The first-order valence-electron chi connectivity index (χ1n) is 12.4. The van der Waals surface area contributed by atoms with E-state index < -0.39 is 16.8 Å². The fraction of sp³-hybridized carbons (Fsp3) is 0.440. The first-order valence-corrected chi connectivity index (χ1v) is 15.1. The number of thiazole rings is 1. The highest BCUT2D eigenvalue weighted by Crippen LogP contribution is 2.38. The third-order valence-corrected chi connectivity index (χ3v) is 9.14. The Morgan fingerprint density at radius 1 is 1.21 bits per heavy atom. The van der Waals surface area contributed by atoms with Gasteiger partial charge in [0.2, 0.25) is 5.91 Å². The van der Waals surface area contributed by atoms with Crippen molar-refractivity contribution < 1.29 is 28.8 Å². The minimum absolute atomic E-state index is 0.00831. The van der Waals surface area contributed by atoms with Crippen LogP contribution in [0.3, 0.4) is 0 Å². The lowest BCUT2D eigenvalue weighted by atomic mass is 9.95. The van der Waals surface area contributed by atoms with Crippen LogP contribution in [0.2, 0.25) is 0 Å². The number of carbonyl (C=O) groups excluding carboxylic acids is 3. The molecule has 1 aliphatic rings. The number of nitro groups is 1. The van der Waals surface area contributed by atoms with Gasteiger partial charge in [0.1, 0.15) is 5.00 Å². The maximum Gasteiger partial charge on any atom is 0.341 e. The van der Waals surface area contributed by atoms with E-state index in [4.69, 9.17) is 9.47 Å². The molecule has 0 bridgehead atoms. The molecule has 0 saturated heterocycles. The normalized spacial score (nSPS) is 13.3. The van der Waals surface area contributed by atoms with Crippen molar-refractivity contribution in [2.75, 3.05) is 37.1 Å². The zero-order valence-electron chi connectivity index (χ0n) is 21.5. The van der Waals surface area contributed by atoms with Gasteiger partial charge in [0.15, 0.2) is 4.80 Å². The molecular weight excluding hydrogens is 564 g/mol. The number of aryl methyl sites for hydroxylation is 1. The quantitative estimate of drug-likeness (QED) is 0.199. The monoisotopic (exact) mass is 592 g/mol. The van der Waals surface area contributed by atoms with Crippen LogP contribution in [0.25, 0.3) is 10.2 Å². The topological polar surface area (TPSA) is 142 Å². The van der Waals surface area contributed by atoms with Crippen molar-refractivity contribution in [2.45, 2.75) is 39.2 Å². The van der Waals surface area contributed by atoms with E-state index in [1.807, 2.05) is 0 Å². The molecule has 0 spiro atoms. The van der Waals surface area contributed by atoms with Crippen LogP contribution in [0.4, 0.5) is 10.7 Å². The number of nitro benzene ring substituents is 1. The number of carbonyl (C=O) groups is 3. The van der Waals surface area contributed by atoms with Crippen molar-refractivity contribution in [3.8, 4) is 0 Å². The Balaban J connectivity index is 1.43. The van der Waals surface area contributed by atoms with Crippen LogP contribution in [0.15, 0.2) is 23.2 Å². The molecule has 1 aromatic carbocycles. The highest BCUT2D eigenvalue weighted by Gasteiger charge is 2.27. The summed E-state index contributed by atoms with van der Waals surface area (Å²) in [6.45, 7) is 2.79. The SMILES string of the molecule is CCOC(=O)c1c(NC(=O)CSCC(=O)N=c2sc3cc([N+](=O)[O-])ccc3n2CCOC)sc2c1CCCC2. The fourth-order valence-corrected chi connectivity index (χ4v) is 7.26. The van der Waals surface area contributed by atoms with E-state index in [0.29, 0.717) is 33.2 Å². The molecule has 39 heavy (non-hydrogen) atoms. The first-order chi connectivity index (χ1) is 18.8. The summed E-state index contributed by atoms with van der Waals surface area (Å²) in [6, 6.07) is 4.50. The predicted octanol–water partition coefficient (Wildman–Crippen LogP) is 4.17. The van der Waals surface area contributed by atoms with Crippen molar-refractivity contribution in [1.29, 1.82) is 0 Å². The van der Waals surface area contributed by atoms with Crippen molar-refractivity contribution in [3.05, 3.63) is 49.1 Å². The van der Waals surface area contributed by atoms with E-state index in [1.165, 1.54) is 34.8 Å². The first kappa shape index (κ1) is 28.9. The van der Waals surface area contributed by atoms with Crippen LogP contribution in [0.5, 0.6) is 0 Å². The number of nitrogens with one attached hydrogen (secondary N) is 1. The van der Waals surface area contributed by atoms with E-state index in [2.05, 4.69) is 10.3 Å². The van der Waals surface area contributed by atoms with Crippen LogP contribution in [0, 0.1) is 10.1 Å². The second-order valence-electron chi connectivity index (χ2n) is 8.62. The number of anilines is 1. The summed E-state index contributed by atoms with van der Waals surface area (Å²) >= 11 is 3.72. The lowest BCUT2D eigenvalue weighted by molar-refractivity contribution is -0.384. The van der Waals surface area contributed by atoms with Crippen molar-refractivity contribution in [3.63, 3.8) is 0 Å². The second kappa shape index (κ2) is 13.3. The molecule has 0 aliphatic heterocycles. The zero-order valence-corrected chi connectivity index (χ0v) is 24.0. The molecule has 0 saturated carbocycles. The summed E-state index contributed by atoms with van der Waals surface area (Å²) < 4.78 is 12.8. The summed E-state index contributed by atoms with van der Waals surface area (Å²) in [4.78, 5) is 54.3. The lowest BCUT2D eigenvalue weighted by Gasteiger charge is -2.12. The van der Waals surface area contributed by atoms with Gasteiger partial charge in [-0.3, -0.25) is 19.7 Å². The third-order valence-electron chi connectivity index (χ3n) is 5.98. The van der Waals surface area contributed by atoms with Crippen molar-refractivity contribution >= 4 is 73.1 Å². The van der Waals surface area contributed by atoms with Gasteiger partial charge in [-0.05, 0) is 44.2 Å². The summed E-state index contributed by atoms with van der Waals surface area (Å²) in [5, 5.41) is 14.5. The number of fused-ring (bicyclic) bond motifs is 2. The number of ether oxygens (including phenoxy) is 2. The molecule has 2 heterocycles. The third kappa shape index (κ3) is 6.93. The minimum atomic E-state index is -0.469. The van der Waals surface area contributed by atoms with Crippen LogP contribution >= 0.6 is 34.4 Å². The summed E-state index contributed by atoms with van der Waals surface area (Å²) in [5.41, 5.74) is 2.10. The molecule has 1 N–H and O–H groups in total. The van der Waals surface area contributed by atoms with Crippen LogP contribution in [-0.2, 0) is 38.4 Å². The molecule has 0 unspecified atom stereocenters. The Labute approximate surface area is 236 Å². The number of thiophene rings is 1. The molecule has 2 amide bonds. The number of hydrogen-bond donors (Lipinski definition) is 1. The van der Waals surface area contributed by atoms with Crippen molar-refractivity contribution in [1.82, 2.24) is 4.57 Å². The van der Waals surface area contributed by atoms with Gasteiger partial charge in [0.25, 0.3) is 11.6 Å². The fourth-order valence-electron chi connectivity index (χ4n) is 4.27. The molecule has 11 nitrogen and oxygen atoms in total. The Kier molecular flexibility index (Phi) is 9.88. The molecule has 3 aromatic rings. The lowest BCUT2D eigenvalue weighted by Crippen LogP contribution is -2.20. The number of esters is 1. The van der Waals surface area contributed by atoms with E-state index in [0.717, 1.165) is 53.4 Å². The van der Waals surface area contributed by atoms with Gasteiger partial charge in [-0.15, -0.1) is 23.1 Å². The second-order valence-corrected chi connectivity index (χ2v) is 11.7. The molecule has 0 atom stereocenters. The molecular formula is C25H28N4O7S3. The molecule has 2 aromatic heterocycles. The molecule has 4 rings (SSSR count). The van der Waals surface area contributed by atoms with Crippen molar-refractivity contribution in [2.24, 2.45) is 4.99 Å². The number of methoxy groups -OCH3 is 1. The summed E-state index contributed by atoms with van der Waals surface area (Å²) in [5.74, 6) is -1.20. The number of hydrogen-bond acceptors (Lipinski definition) is 10. The average Bonchev–Trinajstić information content (AvgIpc) is 3.43. The maximum absolute atomic E-state index is 12.7. The number of nitrogens with zero attached hydrogens (tertiary/aromatic N) is 3. The van der Waals surface area contributed by atoms with E-state index in [1.54, 1.807) is 24.7 Å². The Hall–Kier alpha value is -3.07. The Bertz CT molecular complexity index is 1470. The van der Waals surface area contributed by atoms with Gasteiger partial charge >= 0.3 is 5.97 Å². The number of thioether (sulfide) groups is 1. The molecule has 208 valence electrons. The standard InChI is InChI=1S/C25H28N4O7S3/c1-3-36-24(32)22-16-6-4-5-7-18(16)38-23(22)26-20(30)13-37-14-21(31)27-25-28(10-11-35-2)17-9-8-15(29(33)34)12-19(17)39-25/h8-9,12H,3-7,10-11,13-14H2,1-2H3,(H,26,30).